The molecule has 0 aromatic carbocycles. The van der Waals surface area contributed by atoms with Crippen molar-refractivity contribution >= 4 is 5.97 Å². The molecule has 0 fully saturated rings. The summed E-state index contributed by atoms with van der Waals surface area (Å²) in [6.45, 7) is 6.96. The first kappa shape index (κ1) is 10.8. The van der Waals surface area contributed by atoms with Gasteiger partial charge in [-0.2, -0.15) is 0 Å². The van der Waals surface area contributed by atoms with Gasteiger partial charge in [-0.3, -0.25) is 0 Å². The lowest BCUT2D eigenvalue weighted by atomic mass is 10.2. The summed E-state index contributed by atoms with van der Waals surface area (Å²) in [6, 6.07) is 1.75. The number of carboxylic acid groups (broad SMARTS) is 1. The summed E-state index contributed by atoms with van der Waals surface area (Å²) >= 11 is 0. The third-order valence-corrected chi connectivity index (χ3v) is 2.14. The van der Waals surface area contributed by atoms with Crippen LogP contribution in [0, 0.1) is 5.92 Å². The van der Waals surface area contributed by atoms with E-state index in [9.17, 15) is 4.79 Å². The van der Waals surface area contributed by atoms with Crippen LogP contribution in [-0.2, 0) is 13.0 Å². The van der Waals surface area contributed by atoms with E-state index in [1.165, 1.54) is 0 Å². The van der Waals surface area contributed by atoms with Gasteiger partial charge in [-0.15, -0.1) is 0 Å². The zero-order valence-corrected chi connectivity index (χ0v) is 8.95. The monoisotopic (exact) mass is 195 g/mol. The average molecular weight is 195 g/mol. The van der Waals surface area contributed by atoms with E-state index in [-0.39, 0.29) is 0 Å². The summed E-state index contributed by atoms with van der Waals surface area (Å²) in [5.74, 6) is -0.379. The molecular weight excluding hydrogens is 178 g/mol. The second-order valence-electron chi connectivity index (χ2n) is 3.94. The van der Waals surface area contributed by atoms with Crippen LogP contribution in [0.15, 0.2) is 12.3 Å². The summed E-state index contributed by atoms with van der Waals surface area (Å²) in [5.41, 5.74) is 1.48. The van der Waals surface area contributed by atoms with Crippen molar-refractivity contribution in [1.29, 1.82) is 0 Å². The first-order valence-corrected chi connectivity index (χ1v) is 4.97. The quantitative estimate of drug-likeness (QED) is 0.801. The smallest absolute Gasteiger partial charge is 0.352 e. The molecule has 0 spiro atoms. The lowest BCUT2D eigenvalue weighted by Gasteiger charge is -2.08. The molecule has 0 atom stereocenters. The first-order chi connectivity index (χ1) is 6.54. The number of aryl methyl sites for hydroxylation is 1. The van der Waals surface area contributed by atoms with Crippen molar-refractivity contribution in [3.63, 3.8) is 0 Å². The third kappa shape index (κ3) is 2.37. The molecule has 1 aromatic heterocycles. The van der Waals surface area contributed by atoms with E-state index in [1.54, 1.807) is 6.07 Å². The predicted octanol–water partition coefficient (Wildman–Crippen LogP) is 2.40. The van der Waals surface area contributed by atoms with E-state index in [4.69, 9.17) is 5.11 Å². The molecule has 1 N–H and O–H groups in total. The summed E-state index contributed by atoms with van der Waals surface area (Å²) in [7, 11) is 0. The predicted molar refractivity (Wildman–Crippen MR) is 55.6 cm³/mol. The number of carboxylic acids is 1. The Balaban J connectivity index is 2.99. The highest BCUT2D eigenvalue weighted by atomic mass is 16.4. The van der Waals surface area contributed by atoms with Gasteiger partial charge in [0.1, 0.15) is 5.69 Å². The Morgan fingerprint density at radius 2 is 2.21 bits per heavy atom. The van der Waals surface area contributed by atoms with Crippen molar-refractivity contribution in [2.75, 3.05) is 0 Å². The normalized spacial score (nSPS) is 10.9. The topological polar surface area (TPSA) is 42.2 Å². The fraction of sp³-hybridized carbons (Fsp3) is 0.545. The summed E-state index contributed by atoms with van der Waals surface area (Å²) in [6.07, 6.45) is 2.81. The molecule has 1 heterocycles. The molecular formula is C11H17NO2. The molecule has 14 heavy (non-hydrogen) atoms. The Hall–Kier alpha value is -1.25. The molecule has 0 aliphatic rings. The third-order valence-electron chi connectivity index (χ3n) is 2.14. The summed E-state index contributed by atoms with van der Waals surface area (Å²) < 4.78 is 1.83. The number of aromatic nitrogens is 1. The molecule has 1 aromatic rings. The van der Waals surface area contributed by atoms with Crippen molar-refractivity contribution in [3.8, 4) is 0 Å². The average Bonchev–Trinajstić information content (AvgIpc) is 2.46. The molecule has 0 aliphatic heterocycles. The molecule has 0 aliphatic carbocycles. The van der Waals surface area contributed by atoms with Crippen LogP contribution in [0.5, 0.6) is 0 Å². The molecule has 0 unspecified atom stereocenters. The fourth-order valence-corrected chi connectivity index (χ4v) is 1.49. The highest BCUT2D eigenvalue weighted by molar-refractivity contribution is 5.86. The molecule has 0 amide bonds. The van der Waals surface area contributed by atoms with Crippen molar-refractivity contribution in [1.82, 2.24) is 4.57 Å². The maximum absolute atomic E-state index is 10.9. The lowest BCUT2D eigenvalue weighted by Crippen LogP contribution is -2.10. The minimum atomic E-state index is -0.842. The molecule has 3 heteroatoms. The second kappa shape index (κ2) is 4.31. The van der Waals surface area contributed by atoms with Crippen LogP contribution in [0.4, 0.5) is 0 Å². The van der Waals surface area contributed by atoms with Gasteiger partial charge in [0, 0.05) is 12.7 Å². The summed E-state index contributed by atoms with van der Waals surface area (Å²) in [4.78, 5) is 10.9. The molecule has 0 saturated heterocycles. The van der Waals surface area contributed by atoms with Gasteiger partial charge in [0.2, 0.25) is 0 Å². The van der Waals surface area contributed by atoms with Crippen LogP contribution in [0.2, 0.25) is 0 Å². The van der Waals surface area contributed by atoms with E-state index in [2.05, 4.69) is 13.8 Å². The van der Waals surface area contributed by atoms with Gasteiger partial charge in [-0.25, -0.2) is 4.79 Å². The van der Waals surface area contributed by atoms with Crippen molar-refractivity contribution in [2.45, 2.75) is 33.7 Å². The van der Waals surface area contributed by atoms with Gasteiger partial charge in [0.15, 0.2) is 0 Å². The van der Waals surface area contributed by atoms with Crippen LogP contribution < -0.4 is 0 Å². The van der Waals surface area contributed by atoms with Crippen LogP contribution in [-0.4, -0.2) is 15.6 Å². The van der Waals surface area contributed by atoms with Gasteiger partial charge in [-0.05, 0) is 24.0 Å². The Bertz CT molecular complexity index is 326. The van der Waals surface area contributed by atoms with Crippen molar-refractivity contribution in [3.05, 3.63) is 23.5 Å². The number of hydrogen-bond acceptors (Lipinski definition) is 1. The van der Waals surface area contributed by atoms with Gasteiger partial charge >= 0.3 is 5.97 Å². The number of nitrogens with zero attached hydrogens (tertiary/aromatic N) is 1. The van der Waals surface area contributed by atoms with Gasteiger partial charge in [0.05, 0.1) is 0 Å². The van der Waals surface area contributed by atoms with Crippen LogP contribution in [0.25, 0.3) is 0 Å². The lowest BCUT2D eigenvalue weighted by molar-refractivity contribution is 0.0684. The minimum absolute atomic E-state index is 0.399. The van der Waals surface area contributed by atoms with E-state index in [1.807, 2.05) is 17.7 Å². The van der Waals surface area contributed by atoms with Gasteiger partial charge < -0.3 is 9.67 Å². The number of hydrogen-bond donors (Lipinski definition) is 1. The standard InChI is InChI=1S/C11H17NO2/c1-4-9-5-10(11(13)14)12(7-9)6-8(2)3/h5,7-8H,4,6H2,1-3H3,(H,13,14). The second-order valence-corrected chi connectivity index (χ2v) is 3.94. The van der Waals surface area contributed by atoms with Crippen LogP contribution in [0.1, 0.15) is 36.8 Å². The van der Waals surface area contributed by atoms with E-state index in [0.29, 0.717) is 11.6 Å². The van der Waals surface area contributed by atoms with E-state index < -0.39 is 5.97 Å². The van der Waals surface area contributed by atoms with Crippen molar-refractivity contribution in [2.24, 2.45) is 5.92 Å². The molecule has 1 rings (SSSR count). The van der Waals surface area contributed by atoms with Crippen molar-refractivity contribution < 1.29 is 9.90 Å². The molecule has 3 nitrogen and oxygen atoms in total. The zero-order chi connectivity index (χ0) is 10.7. The Kier molecular flexibility index (Phi) is 3.33. The Labute approximate surface area is 84.4 Å². The SMILES string of the molecule is CCc1cc(C(=O)O)n(CC(C)C)c1. The number of carbonyl (C=O) groups is 1. The highest BCUT2D eigenvalue weighted by Gasteiger charge is 2.12. The molecule has 78 valence electrons. The van der Waals surface area contributed by atoms with E-state index >= 15 is 0 Å². The minimum Gasteiger partial charge on any atom is -0.477 e. The molecule has 0 radical (unpaired) electrons. The number of rotatable bonds is 4. The maximum Gasteiger partial charge on any atom is 0.352 e. The molecule has 0 bridgehead atoms. The number of aromatic carboxylic acids is 1. The van der Waals surface area contributed by atoms with Gasteiger partial charge in [0.25, 0.3) is 0 Å². The Morgan fingerprint density at radius 1 is 1.57 bits per heavy atom. The fourth-order valence-electron chi connectivity index (χ4n) is 1.49. The van der Waals surface area contributed by atoms with E-state index in [0.717, 1.165) is 18.5 Å². The Morgan fingerprint density at radius 3 is 2.64 bits per heavy atom. The van der Waals surface area contributed by atoms with Gasteiger partial charge in [-0.1, -0.05) is 20.8 Å². The largest absolute Gasteiger partial charge is 0.477 e. The summed E-state index contributed by atoms with van der Waals surface area (Å²) in [5, 5.41) is 8.97. The van der Waals surface area contributed by atoms with Crippen LogP contribution >= 0.6 is 0 Å². The highest BCUT2D eigenvalue weighted by Crippen LogP contribution is 2.12. The zero-order valence-electron chi connectivity index (χ0n) is 8.95. The first-order valence-electron chi connectivity index (χ1n) is 4.97. The molecule has 0 saturated carbocycles. The van der Waals surface area contributed by atoms with Crippen LogP contribution in [0.3, 0.4) is 0 Å². The maximum atomic E-state index is 10.9.